The number of rotatable bonds is 1. The summed E-state index contributed by atoms with van der Waals surface area (Å²) in [5, 5.41) is 0. The molecule has 2 aliphatic rings. The number of carbonyl (C=O) groups is 1. The van der Waals surface area contributed by atoms with Gasteiger partial charge in [0.1, 0.15) is 5.75 Å². The van der Waals surface area contributed by atoms with Crippen molar-refractivity contribution in [3.63, 3.8) is 0 Å². The molecule has 2 heteroatoms. The van der Waals surface area contributed by atoms with Gasteiger partial charge in [-0.2, -0.15) is 0 Å². The van der Waals surface area contributed by atoms with Gasteiger partial charge in [0.15, 0.2) is 5.78 Å². The van der Waals surface area contributed by atoms with E-state index in [9.17, 15) is 4.79 Å². The van der Waals surface area contributed by atoms with Crippen molar-refractivity contribution >= 4 is 5.78 Å². The highest BCUT2D eigenvalue weighted by molar-refractivity contribution is 6.02. The molecule has 0 unspecified atom stereocenters. The van der Waals surface area contributed by atoms with E-state index >= 15 is 0 Å². The molecule has 0 saturated heterocycles. The number of ketones is 1. The van der Waals surface area contributed by atoms with Gasteiger partial charge in [0.05, 0.1) is 12.7 Å². The number of hydrogen-bond donors (Lipinski definition) is 0. The molecule has 0 saturated carbocycles. The van der Waals surface area contributed by atoms with Gasteiger partial charge in [0.2, 0.25) is 0 Å². The van der Waals surface area contributed by atoms with E-state index in [4.69, 9.17) is 4.74 Å². The van der Waals surface area contributed by atoms with Crippen LogP contribution in [0.1, 0.15) is 15.9 Å². The molecule has 56 valence electrons. The van der Waals surface area contributed by atoms with Gasteiger partial charge in [-0.15, -0.1) is 0 Å². The zero-order valence-corrected chi connectivity index (χ0v) is 6.26. The molecule has 3 rings (SSSR count). The standard InChI is InChI=1S/C9H8O2/c1-11-9-5-6-2-3-7(9)8(10)4-6/h2-3,5H,4H2,1H3. The molecule has 1 aromatic carbocycles. The minimum absolute atomic E-state index is 0.168. The molecule has 2 aliphatic carbocycles. The lowest BCUT2D eigenvalue weighted by Gasteiger charge is -2.14. The van der Waals surface area contributed by atoms with E-state index in [-0.39, 0.29) is 5.78 Å². The predicted octanol–water partition coefficient (Wildman–Crippen LogP) is 1.43. The lowest BCUT2D eigenvalue weighted by atomic mass is 9.94. The molecule has 0 heterocycles. The van der Waals surface area contributed by atoms with Crippen molar-refractivity contribution < 1.29 is 9.53 Å². The minimum Gasteiger partial charge on any atom is -0.496 e. The number of methoxy groups -OCH3 is 1. The number of carbonyl (C=O) groups excluding carboxylic acids is 1. The van der Waals surface area contributed by atoms with Crippen LogP contribution in [0.4, 0.5) is 0 Å². The van der Waals surface area contributed by atoms with Gasteiger partial charge in [-0.25, -0.2) is 0 Å². The maximum atomic E-state index is 11.2. The van der Waals surface area contributed by atoms with Crippen molar-refractivity contribution in [2.24, 2.45) is 0 Å². The molecule has 0 spiro atoms. The molecular formula is C9H8O2. The Morgan fingerprint density at radius 3 is 2.73 bits per heavy atom. The molecule has 0 aliphatic heterocycles. The van der Waals surface area contributed by atoms with E-state index < -0.39 is 0 Å². The second-order valence-corrected chi connectivity index (χ2v) is 2.63. The zero-order chi connectivity index (χ0) is 7.84. The van der Waals surface area contributed by atoms with E-state index in [1.54, 1.807) is 7.11 Å². The lowest BCUT2D eigenvalue weighted by Crippen LogP contribution is -2.11. The summed E-state index contributed by atoms with van der Waals surface area (Å²) in [4.78, 5) is 11.2. The topological polar surface area (TPSA) is 26.3 Å². The molecule has 0 radical (unpaired) electrons. The average molecular weight is 148 g/mol. The van der Waals surface area contributed by atoms with Crippen LogP contribution < -0.4 is 4.74 Å². The fraction of sp³-hybridized carbons (Fsp3) is 0.222. The summed E-state index contributed by atoms with van der Waals surface area (Å²) in [5.74, 6) is 0.876. The first-order valence-electron chi connectivity index (χ1n) is 3.51. The second kappa shape index (κ2) is 2.09. The number of fused-ring (bicyclic) bond motifs is 3. The van der Waals surface area contributed by atoms with Crippen LogP contribution in [0.5, 0.6) is 5.75 Å². The summed E-state index contributed by atoms with van der Waals surface area (Å²) >= 11 is 0. The van der Waals surface area contributed by atoms with Crippen LogP contribution in [-0.4, -0.2) is 12.9 Å². The molecule has 0 amide bonds. The molecule has 11 heavy (non-hydrogen) atoms. The van der Waals surface area contributed by atoms with Crippen LogP contribution in [0.25, 0.3) is 0 Å². The summed E-state index contributed by atoms with van der Waals surface area (Å²) in [6, 6.07) is 5.69. The monoisotopic (exact) mass is 148 g/mol. The molecule has 0 atom stereocenters. The number of benzene rings is 1. The average Bonchev–Trinajstić information content (AvgIpc) is 2.04. The minimum atomic E-state index is 0.168. The Balaban J connectivity index is 2.63. The van der Waals surface area contributed by atoms with Crippen LogP contribution in [0.2, 0.25) is 0 Å². The van der Waals surface area contributed by atoms with Gasteiger partial charge in [-0.05, 0) is 17.7 Å². The van der Waals surface area contributed by atoms with Crippen molar-refractivity contribution in [1.82, 2.24) is 0 Å². The molecular weight excluding hydrogens is 140 g/mol. The highest BCUT2D eigenvalue weighted by Crippen LogP contribution is 2.27. The van der Waals surface area contributed by atoms with Gasteiger partial charge < -0.3 is 4.74 Å². The van der Waals surface area contributed by atoms with E-state index in [2.05, 4.69) is 0 Å². The number of ether oxygens (including phenoxy) is 1. The molecule has 0 N–H and O–H groups in total. The Morgan fingerprint density at radius 2 is 2.27 bits per heavy atom. The SMILES string of the molecule is COc1cc2ccc1C(=O)C2. The lowest BCUT2D eigenvalue weighted by molar-refractivity contribution is 0.0985. The van der Waals surface area contributed by atoms with Crippen molar-refractivity contribution in [3.05, 3.63) is 29.3 Å². The second-order valence-electron chi connectivity index (χ2n) is 2.63. The third-order valence-corrected chi connectivity index (χ3v) is 1.93. The van der Waals surface area contributed by atoms with E-state index in [0.29, 0.717) is 17.7 Å². The molecule has 0 aromatic heterocycles. The van der Waals surface area contributed by atoms with Gasteiger partial charge >= 0.3 is 0 Å². The van der Waals surface area contributed by atoms with Gasteiger partial charge in [-0.3, -0.25) is 4.79 Å². The Labute approximate surface area is 64.8 Å². The van der Waals surface area contributed by atoms with Gasteiger partial charge in [-0.1, -0.05) is 6.07 Å². The number of Topliss-reactive ketones (excluding diaryl/α,β-unsaturated/α-hetero) is 1. The molecule has 1 aromatic rings. The maximum Gasteiger partial charge on any atom is 0.170 e. The fourth-order valence-electron chi connectivity index (χ4n) is 1.36. The van der Waals surface area contributed by atoms with Gasteiger partial charge in [0.25, 0.3) is 0 Å². The fourth-order valence-corrected chi connectivity index (χ4v) is 1.36. The first kappa shape index (κ1) is 6.40. The van der Waals surface area contributed by atoms with E-state index in [1.807, 2.05) is 18.2 Å². The summed E-state index contributed by atoms with van der Waals surface area (Å²) in [6.45, 7) is 0. The highest BCUT2D eigenvalue weighted by Gasteiger charge is 2.19. The van der Waals surface area contributed by atoms with Crippen LogP contribution in [0.15, 0.2) is 18.2 Å². The summed E-state index contributed by atoms with van der Waals surface area (Å²) < 4.78 is 5.03. The summed E-state index contributed by atoms with van der Waals surface area (Å²) in [7, 11) is 1.58. The third kappa shape index (κ3) is 0.827. The van der Waals surface area contributed by atoms with E-state index in [1.165, 1.54) is 0 Å². The van der Waals surface area contributed by atoms with E-state index in [0.717, 1.165) is 5.56 Å². The van der Waals surface area contributed by atoms with Crippen molar-refractivity contribution in [1.29, 1.82) is 0 Å². The van der Waals surface area contributed by atoms with Crippen molar-refractivity contribution in [2.45, 2.75) is 6.42 Å². The van der Waals surface area contributed by atoms with Gasteiger partial charge in [0, 0.05) is 6.42 Å². The van der Waals surface area contributed by atoms with Crippen LogP contribution in [0.3, 0.4) is 0 Å². The normalized spacial score (nSPS) is 13.7. The Bertz CT molecular complexity index is 315. The quantitative estimate of drug-likeness (QED) is 0.602. The highest BCUT2D eigenvalue weighted by atomic mass is 16.5. The Kier molecular flexibility index (Phi) is 1.22. The zero-order valence-electron chi connectivity index (χ0n) is 6.26. The summed E-state index contributed by atoms with van der Waals surface area (Å²) in [6.07, 6.45) is 0.540. The van der Waals surface area contributed by atoms with Crippen LogP contribution in [0, 0.1) is 0 Å². The Hall–Kier alpha value is -1.31. The Morgan fingerprint density at radius 1 is 1.45 bits per heavy atom. The molecule has 2 bridgehead atoms. The smallest absolute Gasteiger partial charge is 0.170 e. The third-order valence-electron chi connectivity index (χ3n) is 1.93. The predicted molar refractivity (Wildman–Crippen MR) is 41.0 cm³/mol. The van der Waals surface area contributed by atoms with Crippen molar-refractivity contribution in [2.75, 3.05) is 7.11 Å². The summed E-state index contributed by atoms with van der Waals surface area (Å²) in [5.41, 5.74) is 1.75. The molecule has 2 nitrogen and oxygen atoms in total. The van der Waals surface area contributed by atoms with Crippen LogP contribution in [-0.2, 0) is 6.42 Å². The largest absolute Gasteiger partial charge is 0.496 e. The number of hydrogen-bond acceptors (Lipinski definition) is 2. The first-order chi connectivity index (χ1) is 5.31. The van der Waals surface area contributed by atoms with Crippen molar-refractivity contribution in [3.8, 4) is 5.75 Å². The molecule has 0 fully saturated rings. The van der Waals surface area contributed by atoms with Crippen LogP contribution >= 0.6 is 0 Å². The first-order valence-corrected chi connectivity index (χ1v) is 3.51. The maximum absolute atomic E-state index is 11.2.